The van der Waals surface area contributed by atoms with Crippen molar-refractivity contribution in [3.05, 3.63) is 16.1 Å². The van der Waals surface area contributed by atoms with Gasteiger partial charge in [-0.3, -0.25) is 0 Å². The molecular weight excluding hydrogens is 196 g/mol. The van der Waals surface area contributed by atoms with E-state index in [1.54, 1.807) is 18.4 Å². The van der Waals surface area contributed by atoms with Crippen LogP contribution in [0.2, 0.25) is 0 Å². The Hall–Kier alpha value is -0.450. The van der Waals surface area contributed by atoms with Crippen molar-refractivity contribution < 1.29 is 4.74 Å². The Morgan fingerprint density at radius 2 is 2.21 bits per heavy atom. The predicted octanol–water partition coefficient (Wildman–Crippen LogP) is 2.31. The van der Waals surface area contributed by atoms with Gasteiger partial charge in [-0.25, -0.2) is 4.98 Å². The van der Waals surface area contributed by atoms with Gasteiger partial charge in [-0.2, -0.15) is 0 Å². The average molecular weight is 214 g/mol. The molecule has 0 amide bonds. The summed E-state index contributed by atoms with van der Waals surface area (Å²) in [5.74, 6) is 0. The van der Waals surface area contributed by atoms with Gasteiger partial charge in [0.05, 0.1) is 5.69 Å². The second-order valence-corrected chi connectivity index (χ2v) is 4.66. The number of hydrogen-bond acceptors (Lipinski definition) is 4. The maximum Gasteiger partial charge on any atom is 0.124 e. The second kappa shape index (κ2) is 4.38. The van der Waals surface area contributed by atoms with Crippen LogP contribution in [0.1, 0.15) is 37.5 Å². The molecule has 0 aliphatic heterocycles. The molecule has 0 saturated heterocycles. The molecule has 1 atom stereocenters. The van der Waals surface area contributed by atoms with Gasteiger partial charge in [-0.15, -0.1) is 11.3 Å². The monoisotopic (exact) mass is 214 g/mol. The van der Waals surface area contributed by atoms with Crippen LogP contribution in [0.5, 0.6) is 0 Å². The first kappa shape index (κ1) is 11.6. The van der Waals surface area contributed by atoms with E-state index in [1.807, 2.05) is 20.9 Å². The zero-order chi connectivity index (χ0) is 10.8. The molecular formula is C10H18N2OS. The quantitative estimate of drug-likeness (QED) is 0.835. The Bertz CT molecular complexity index is 296. The van der Waals surface area contributed by atoms with Gasteiger partial charge in [0.2, 0.25) is 0 Å². The van der Waals surface area contributed by atoms with Crippen LogP contribution in [0, 0.1) is 0 Å². The summed E-state index contributed by atoms with van der Waals surface area (Å²) in [5, 5.41) is 6.27. The molecule has 1 unspecified atom stereocenters. The molecule has 14 heavy (non-hydrogen) atoms. The van der Waals surface area contributed by atoms with Gasteiger partial charge in [0.1, 0.15) is 10.6 Å². The van der Waals surface area contributed by atoms with Crippen LogP contribution in [-0.2, 0) is 10.3 Å². The fraction of sp³-hybridized carbons (Fsp3) is 0.700. The first-order chi connectivity index (χ1) is 6.51. The normalized spacial score (nSPS) is 14.4. The standard InChI is InChI=1S/C10H18N2OS/c1-7(11-4)8-6-14-9(12-8)10(2,3)13-5/h6-7,11H,1-5H3. The van der Waals surface area contributed by atoms with Crippen molar-refractivity contribution in [3.63, 3.8) is 0 Å². The lowest BCUT2D eigenvalue weighted by Gasteiger charge is -2.19. The molecule has 1 heterocycles. The van der Waals surface area contributed by atoms with Crippen molar-refractivity contribution in [2.75, 3.05) is 14.2 Å². The number of nitrogens with one attached hydrogen (secondary N) is 1. The van der Waals surface area contributed by atoms with Gasteiger partial charge in [0.25, 0.3) is 0 Å². The number of rotatable bonds is 4. The number of hydrogen-bond donors (Lipinski definition) is 1. The smallest absolute Gasteiger partial charge is 0.124 e. The van der Waals surface area contributed by atoms with Crippen molar-refractivity contribution in [2.24, 2.45) is 0 Å². The lowest BCUT2D eigenvalue weighted by molar-refractivity contribution is 0.0189. The van der Waals surface area contributed by atoms with E-state index < -0.39 is 0 Å². The Balaban J connectivity index is 2.88. The van der Waals surface area contributed by atoms with E-state index in [4.69, 9.17) is 4.74 Å². The zero-order valence-electron chi connectivity index (χ0n) is 9.42. The molecule has 1 N–H and O–H groups in total. The number of nitrogens with zero attached hydrogens (tertiary/aromatic N) is 1. The maximum atomic E-state index is 5.38. The number of thiazole rings is 1. The van der Waals surface area contributed by atoms with Crippen molar-refractivity contribution >= 4 is 11.3 Å². The van der Waals surface area contributed by atoms with Gasteiger partial charge in [0, 0.05) is 18.5 Å². The molecule has 0 spiro atoms. The highest BCUT2D eigenvalue weighted by Gasteiger charge is 2.24. The van der Waals surface area contributed by atoms with E-state index in [9.17, 15) is 0 Å². The summed E-state index contributed by atoms with van der Waals surface area (Å²) in [6.45, 7) is 6.15. The molecule has 0 aliphatic carbocycles. The summed E-state index contributed by atoms with van der Waals surface area (Å²) in [5.41, 5.74) is 0.800. The lowest BCUT2D eigenvalue weighted by atomic mass is 10.1. The highest BCUT2D eigenvalue weighted by Crippen LogP contribution is 2.28. The van der Waals surface area contributed by atoms with E-state index in [-0.39, 0.29) is 5.60 Å². The summed E-state index contributed by atoms with van der Waals surface area (Å²) >= 11 is 1.65. The third kappa shape index (κ3) is 2.32. The van der Waals surface area contributed by atoms with Crippen LogP contribution < -0.4 is 5.32 Å². The summed E-state index contributed by atoms with van der Waals surface area (Å²) in [6, 6.07) is 0.299. The molecule has 4 heteroatoms. The minimum Gasteiger partial charge on any atom is -0.372 e. The molecule has 0 saturated carbocycles. The van der Waals surface area contributed by atoms with Crippen LogP contribution >= 0.6 is 11.3 Å². The van der Waals surface area contributed by atoms with Crippen LogP contribution in [0.15, 0.2) is 5.38 Å². The second-order valence-electron chi connectivity index (χ2n) is 3.80. The largest absolute Gasteiger partial charge is 0.372 e. The SMILES string of the molecule is CNC(C)c1csc(C(C)(C)OC)n1. The molecule has 1 aromatic heterocycles. The Kier molecular flexibility index (Phi) is 3.64. The van der Waals surface area contributed by atoms with Gasteiger partial charge in [-0.1, -0.05) is 0 Å². The molecule has 0 aromatic carbocycles. The summed E-state index contributed by atoms with van der Waals surface area (Å²) in [7, 11) is 3.65. The highest BCUT2D eigenvalue weighted by molar-refractivity contribution is 7.09. The Morgan fingerprint density at radius 3 is 2.71 bits per heavy atom. The van der Waals surface area contributed by atoms with Crippen LogP contribution in [0.25, 0.3) is 0 Å². The molecule has 0 radical (unpaired) electrons. The lowest BCUT2D eigenvalue weighted by Crippen LogP contribution is -2.20. The minimum absolute atomic E-state index is 0.281. The molecule has 0 fully saturated rings. The van der Waals surface area contributed by atoms with Crippen molar-refractivity contribution in [1.82, 2.24) is 10.3 Å². The fourth-order valence-electron chi connectivity index (χ4n) is 0.997. The van der Waals surface area contributed by atoms with E-state index in [0.717, 1.165) is 10.7 Å². The van der Waals surface area contributed by atoms with Crippen molar-refractivity contribution in [1.29, 1.82) is 0 Å². The van der Waals surface area contributed by atoms with E-state index >= 15 is 0 Å². The summed E-state index contributed by atoms with van der Waals surface area (Å²) < 4.78 is 5.38. The third-order valence-corrected chi connectivity index (χ3v) is 3.59. The predicted molar refractivity (Wildman–Crippen MR) is 59.6 cm³/mol. The third-order valence-electron chi connectivity index (χ3n) is 2.42. The van der Waals surface area contributed by atoms with Gasteiger partial charge < -0.3 is 10.1 Å². The average Bonchev–Trinajstić information content (AvgIpc) is 2.66. The molecule has 80 valence electrons. The van der Waals surface area contributed by atoms with E-state index in [2.05, 4.69) is 22.6 Å². The van der Waals surface area contributed by atoms with Crippen molar-refractivity contribution in [3.8, 4) is 0 Å². The first-order valence-corrected chi connectivity index (χ1v) is 5.57. The Labute approximate surface area is 89.5 Å². The summed E-state index contributed by atoms with van der Waals surface area (Å²) in [6.07, 6.45) is 0. The fourth-order valence-corrected chi connectivity index (χ4v) is 2.01. The zero-order valence-corrected chi connectivity index (χ0v) is 10.2. The van der Waals surface area contributed by atoms with Gasteiger partial charge >= 0.3 is 0 Å². The van der Waals surface area contributed by atoms with Gasteiger partial charge in [0.15, 0.2) is 0 Å². The molecule has 1 aromatic rings. The van der Waals surface area contributed by atoms with Crippen LogP contribution in [0.4, 0.5) is 0 Å². The van der Waals surface area contributed by atoms with E-state index in [0.29, 0.717) is 6.04 Å². The maximum absolute atomic E-state index is 5.38. The minimum atomic E-state index is -0.281. The molecule has 3 nitrogen and oxygen atoms in total. The Morgan fingerprint density at radius 1 is 1.57 bits per heavy atom. The van der Waals surface area contributed by atoms with Crippen LogP contribution in [-0.4, -0.2) is 19.1 Å². The summed E-state index contributed by atoms with van der Waals surface area (Å²) in [4.78, 5) is 4.55. The highest BCUT2D eigenvalue weighted by atomic mass is 32.1. The number of ether oxygens (including phenoxy) is 1. The first-order valence-electron chi connectivity index (χ1n) is 4.69. The van der Waals surface area contributed by atoms with Crippen molar-refractivity contribution in [2.45, 2.75) is 32.4 Å². The van der Waals surface area contributed by atoms with Gasteiger partial charge in [-0.05, 0) is 27.8 Å². The van der Waals surface area contributed by atoms with Crippen LogP contribution in [0.3, 0.4) is 0 Å². The number of methoxy groups -OCH3 is 1. The molecule has 0 bridgehead atoms. The topological polar surface area (TPSA) is 34.1 Å². The molecule has 1 rings (SSSR count). The van der Waals surface area contributed by atoms with E-state index in [1.165, 1.54) is 0 Å². The number of aromatic nitrogens is 1. The molecule has 0 aliphatic rings.